The van der Waals surface area contributed by atoms with Gasteiger partial charge in [0.25, 0.3) is 0 Å². The second-order valence-corrected chi connectivity index (χ2v) is 10.7. The van der Waals surface area contributed by atoms with Crippen LogP contribution in [0.2, 0.25) is 0 Å². The maximum Gasteiger partial charge on any atom is 0.326 e. The second-order valence-electron chi connectivity index (χ2n) is 10.7. The van der Waals surface area contributed by atoms with Crippen LogP contribution in [-0.4, -0.2) is 75.9 Å². The number of benzene rings is 1. The number of aromatic nitrogens is 1. The third-order valence-corrected chi connectivity index (χ3v) is 7.17. The Bertz CT molecular complexity index is 1150. The van der Waals surface area contributed by atoms with Crippen LogP contribution < -0.4 is 22.1 Å². The molecule has 39 heavy (non-hydrogen) atoms. The Morgan fingerprint density at radius 1 is 1.13 bits per heavy atom. The Balaban J connectivity index is 1.71. The lowest BCUT2D eigenvalue weighted by Gasteiger charge is -2.29. The molecule has 1 fully saturated rings. The molecule has 0 bridgehead atoms. The van der Waals surface area contributed by atoms with Gasteiger partial charge in [0, 0.05) is 30.1 Å². The first-order chi connectivity index (χ1) is 18.6. The molecule has 0 radical (unpaired) electrons. The minimum atomic E-state index is -1.19. The molecule has 1 aliphatic heterocycles. The molecule has 11 nitrogen and oxygen atoms in total. The van der Waals surface area contributed by atoms with Gasteiger partial charge in [-0.15, -0.1) is 0 Å². The largest absolute Gasteiger partial charge is 0.480 e. The van der Waals surface area contributed by atoms with E-state index >= 15 is 0 Å². The average Bonchev–Trinajstić information content (AvgIpc) is 3.54. The van der Waals surface area contributed by atoms with Gasteiger partial charge in [-0.3, -0.25) is 14.4 Å². The maximum absolute atomic E-state index is 13.3. The summed E-state index contributed by atoms with van der Waals surface area (Å²) in [6.07, 6.45) is 4.98. The van der Waals surface area contributed by atoms with Gasteiger partial charge in [-0.25, -0.2) is 4.79 Å². The van der Waals surface area contributed by atoms with Gasteiger partial charge in [-0.2, -0.15) is 0 Å². The summed E-state index contributed by atoms with van der Waals surface area (Å²) < 4.78 is 0. The smallest absolute Gasteiger partial charge is 0.326 e. The molecular formula is C28H42N6O5. The molecule has 8 N–H and O–H groups in total. The molecular weight excluding hydrogens is 500 g/mol. The SMILES string of the molecule is CC(C)CC(N)C(=O)N1CCCC1C(=O)NC(CCCCN)C(=O)NC(Cc1c[nH]c2ccccc12)C(=O)O. The molecule has 1 aromatic heterocycles. The van der Waals surface area contributed by atoms with Crippen LogP contribution >= 0.6 is 0 Å². The van der Waals surface area contributed by atoms with Crippen molar-refractivity contribution in [2.75, 3.05) is 13.1 Å². The summed E-state index contributed by atoms with van der Waals surface area (Å²) in [7, 11) is 0. The van der Waals surface area contributed by atoms with E-state index < -0.39 is 42.0 Å². The van der Waals surface area contributed by atoms with Crippen molar-refractivity contribution in [3.8, 4) is 0 Å². The highest BCUT2D eigenvalue weighted by atomic mass is 16.4. The van der Waals surface area contributed by atoms with E-state index in [4.69, 9.17) is 11.5 Å². The molecule has 1 saturated heterocycles. The van der Waals surface area contributed by atoms with Crippen LogP contribution in [0.5, 0.6) is 0 Å². The van der Waals surface area contributed by atoms with Gasteiger partial charge in [-0.1, -0.05) is 32.0 Å². The van der Waals surface area contributed by atoms with E-state index in [1.807, 2.05) is 38.1 Å². The number of aromatic amines is 1. The molecule has 3 rings (SSSR count). The van der Waals surface area contributed by atoms with Gasteiger partial charge in [0.05, 0.1) is 6.04 Å². The van der Waals surface area contributed by atoms with Crippen molar-refractivity contribution in [2.45, 2.75) is 83.0 Å². The van der Waals surface area contributed by atoms with Crippen LogP contribution in [0.1, 0.15) is 57.9 Å². The molecule has 2 aromatic rings. The molecule has 4 atom stereocenters. The number of nitrogens with two attached hydrogens (primary N) is 2. The van der Waals surface area contributed by atoms with Crippen molar-refractivity contribution >= 4 is 34.6 Å². The van der Waals surface area contributed by atoms with Gasteiger partial charge in [0.15, 0.2) is 0 Å². The number of H-pyrrole nitrogens is 1. The molecule has 3 amide bonds. The summed E-state index contributed by atoms with van der Waals surface area (Å²) in [5, 5.41) is 16.2. The van der Waals surface area contributed by atoms with E-state index in [9.17, 15) is 24.3 Å². The van der Waals surface area contributed by atoms with Gasteiger partial charge < -0.3 is 37.1 Å². The second kappa shape index (κ2) is 14.1. The van der Waals surface area contributed by atoms with E-state index in [0.29, 0.717) is 51.6 Å². The summed E-state index contributed by atoms with van der Waals surface area (Å²) in [6, 6.07) is 3.96. The topological polar surface area (TPSA) is 184 Å². The van der Waals surface area contributed by atoms with E-state index in [0.717, 1.165) is 16.5 Å². The Morgan fingerprint density at radius 3 is 2.56 bits per heavy atom. The lowest BCUT2D eigenvalue weighted by molar-refractivity contribution is -0.143. The number of amides is 3. The number of hydrogen-bond donors (Lipinski definition) is 6. The Morgan fingerprint density at radius 2 is 1.87 bits per heavy atom. The number of rotatable bonds is 14. The summed E-state index contributed by atoms with van der Waals surface area (Å²) >= 11 is 0. The molecule has 4 unspecified atom stereocenters. The molecule has 11 heteroatoms. The zero-order chi connectivity index (χ0) is 28.5. The van der Waals surface area contributed by atoms with E-state index in [-0.39, 0.29) is 18.2 Å². The third kappa shape index (κ3) is 8.03. The fraction of sp³-hybridized carbons (Fsp3) is 0.571. The van der Waals surface area contributed by atoms with E-state index in [1.165, 1.54) is 4.90 Å². The van der Waals surface area contributed by atoms with Crippen molar-refractivity contribution in [1.29, 1.82) is 0 Å². The van der Waals surface area contributed by atoms with Crippen molar-refractivity contribution in [3.63, 3.8) is 0 Å². The fourth-order valence-electron chi connectivity index (χ4n) is 5.15. The third-order valence-electron chi connectivity index (χ3n) is 7.17. The minimum absolute atomic E-state index is 0.0766. The van der Waals surface area contributed by atoms with Crippen molar-refractivity contribution < 1.29 is 24.3 Å². The molecule has 1 aromatic carbocycles. The Hall–Kier alpha value is -3.44. The van der Waals surface area contributed by atoms with E-state index in [1.54, 1.807) is 6.20 Å². The van der Waals surface area contributed by atoms with Crippen LogP contribution in [0.15, 0.2) is 30.5 Å². The highest BCUT2D eigenvalue weighted by molar-refractivity contribution is 5.94. The highest BCUT2D eigenvalue weighted by Gasteiger charge is 2.38. The number of carbonyl (C=O) groups is 4. The first-order valence-corrected chi connectivity index (χ1v) is 13.8. The molecule has 0 saturated carbocycles. The number of aliphatic carboxylic acids is 1. The lowest BCUT2D eigenvalue weighted by Crippen LogP contribution is -2.56. The molecule has 214 valence electrons. The first kappa shape index (κ1) is 30.1. The normalized spacial score (nSPS) is 17.7. The van der Waals surface area contributed by atoms with Gasteiger partial charge >= 0.3 is 5.97 Å². The summed E-state index contributed by atoms with van der Waals surface area (Å²) in [4.78, 5) is 56.3. The average molecular weight is 543 g/mol. The van der Waals surface area contributed by atoms with Gasteiger partial charge in [0.1, 0.15) is 18.1 Å². The summed E-state index contributed by atoms with van der Waals surface area (Å²) in [6.45, 7) is 4.82. The summed E-state index contributed by atoms with van der Waals surface area (Å²) in [5.74, 6) is -2.22. The monoisotopic (exact) mass is 542 g/mol. The Kier molecular flexibility index (Phi) is 10.9. The van der Waals surface area contributed by atoms with E-state index in [2.05, 4.69) is 15.6 Å². The number of carbonyl (C=O) groups excluding carboxylic acids is 3. The first-order valence-electron chi connectivity index (χ1n) is 13.8. The van der Waals surface area contributed by atoms with Crippen molar-refractivity contribution in [2.24, 2.45) is 17.4 Å². The highest BCUT2D eigenvalue weighted by Crippen LogP contribution is 2.21. The predicted octanol–water partition coefficient (Wildman–Crippen LogP) is 1.26. The van der Waals surface area contributed by atoms with Crippen molar-refractivity contribution in [1.82, 2.24) is 20.5 Å². The van der Waals surface area contributed by atoms with Crippen LogP contribution in [-0.2, 0) is 25.6 Å². The quantitative estimate of drug-likeness (QED) is 0.194. The number of likely N-dealkylation sites (tertiary alicyclic amines) is 1. The number of fused-ring (bicyclic) bond motifs is 1. The van der Waals surface area contributed by atoms with Gasteiger partial charge in [-0.05, 0) is 62.6 Å². The van der Waals surface area contributed by atoms with Crippen molar-refractivity contribution in [3.05, 3.63) is 36.0 Å². The number of para-hydroxylation sites is 1. The van der Waals surface area contributed by atoms with Crippen LogP contribution in [0.3, 0.4) is 0 Å². The Labute approximate surface area is 229 Å². The number of unbranched alkanes of at least 4 members (excludes halogenated alkanes) is 1. The molecule has 2 heterocycles. The molecule has 0 spiro atoms. The van der Waals surface area contributed by atoms with Crippen LogP contribution in [0, 0.1) is 5.92 Å². The predicted molar refractivity (Wildman–Crippen MR) is 149 cm³/mol. The van der Waals surface area contributed by atoms with Crippen LogP contribution in [0.25, 0.3) is 10.9 Å². The summed E-state index contributed by atoms with van der Waals surface area (Å²) in [5.41, 5.74) is 13.4. The number of nitrogens with one attached hydrogen (secondary N) is 3. The number of carboxylic acid groups (broad SMARTS) is 1. The zero-order valence-electron chi connectivity index (χ0n) is 22.8. The van der Waals surface area contributed by atoms with Gasteiger partial charge in [0.2, 0.25) is 17.7 Å². The minimum Gasteiger partial charge on any atom is -0.480 e. The lowest BCUT2D eigenvalue weighted by atomic mass is 10.0. The molecule has 1 aliphatic rings. The number of carboxylic acids is 1. The number of hydrogen-bond acceptors (Lipinski definition) is 6. The molecule has 0 aliphatic carbocycles. The fourth-order valence-corrected chi connectivity index (χ4v) is 5.15. The zero-order valence-corrected chi connectivity index (χ0v) is 22.8. The van der Waals surface area contributed by atoms with Crippen LogP contribution in [0.4, 0.5) is 0 Å². The standard InChI is InChI=1S/C28H42N6O5/c1-17(2)14-20(30)27(37)34-13-7-11-24(34)26(36)32-22(10-5-6-12-29)25(35)33-23(28(38)39)15-18-16-31-21-9-4-3-8-19(18)21/h3-4,8-9,16-17,20,22-24,31H,5-7,10-15,29-30H2,1-2H3,(H,32,36)(H,33,35)(H,38,39). The maximum atomic E-state index is 13.3. The number of nitrogens with zero attached hydrogens (tertiary/aromatic N) is 1.